The summed E-state index contributed by atoms with van der Waals surface area (Å²) in [5.41, 5.74) is -0.438. The first kappa shape index (κ1) is 16.1. The number of benzene rings is 1. The first-order valence-corrected chi connectivity index (χ1v) is 7.63. The smallest absolute Gasteiger partial charge is 0.338 e. The molecule has 0 aromatic heterocycles. The van der Waals surface area contributed by atoms with Crippen molar-refractivity contribution in [3.8, 4) is 5.75 Å². The number of carboxylic acid groups (broad SMARTS) is 1. The summed E-state index contributed by atoms with van der Waals surface area (Å²) >= 11 is 5.98. The molecule has 0 aliphatic heterocycles. The van der Waals surface area contributed by atoms with Gasteiger partial charge in [0.15, 0.2) is 0 Å². The number of hydrogen-bond acceptors (Lipinski definition) is 2. The van der Waals surface area contributed by atoms with Crippen LogP contribution in [0.3, 0.4) is 0 Å². The molecule has 0 radical (unpaired) electrons. The van der Waals surface area contributed by atoms with Gasteiger partial charge < -0.3 is 9.84 Å². The molecule has 0 heterocycles. The molecule has 1 saturated carbocycles. The summed E-state index contributed by atoms with van der Waals surface area (Å²) in [4.78, 5) is 10.8. The van der Waals surface area contributed by atoms with Crippen molar-refractivity contribution in [2.24, 2.45) is 17.8 Å². The minimum Gasteiger partial charge on any atom is -0.492 e. The fourth-order valence-electron chi connectivity index (χ4n) is 3.07. The molecule has 2 atom stereocenters. The summed E-state index contributed by atoms with van der Waals surface area (Å²) in [5.74, 6) is -0.408. The average Bonchev–Trinajstić information content (AvgIpc) is 2.41. The molecule has 0 saturated heterocycles. The zero-order valence-corrected chi connectivity index (χ0v) is 13.0. The highest BCUT2D eigenvalue weighted by molar-refractivity contribution is 6.32. The van der Waals surface area contributed by atoms with E-state index in [1.54, 1.807) is 0 Å². The van der Waals surface area contributed by atoms with Crippen LogP contribution in [0.15, 0.2) is 12.1 Å². The van der Waals surface area contributed by atoms with Crippen LogP contribution in [0.2, 0.25) is 5.02 Å². The maximum absolute atomic E-state index is 13.7. The van der Waals surface area contributed by atoms with E-state index in [2.05, 4.69) is 13.8 Å². The van der Waals surface area contributed by atoms with Gasteiger partial charge >= 0.3 is 5.97 Å². The predicted molar refractivity (Wildman–Crippen MR) is 79.5 cm³/mol. The molecule has 0 bridgehead atoms. The van der Waals surface area contributed by atoms with E-state index >= 15 is 0 Å². The Labute approximate surface area is 129 Å². The van der Waals surface area contributed by atoms with Crippen molar-refractivity contribution in [1.29, 1.82) is 0 Å². The van der Waals surface area contributed by atoms with Crippen LogP contribution in [-0.4, -0.2) is 17.7 Å². The topological polar surface area (TPSA) is 46.5 Å². The summed E-state index contributed by atoms with van der Waals surface area (Å²) in [7, 11) is 0. The number of carboxylic acids is 1. The van der Waals surface area contributed by atoms with Gasteiger partial charge in [0, 0.05) is 6.07 Å². The molecule has 116 valence electrons. The van der Waals surface area contributed by atoms with E-state index in [0.717, 1.165) is 12.1 Å². The Morgan fingerprint density at radius 1 is 1.38 bits per heavy atom. The number of ether oxygens (including phenoxy) is 1. The van der Waals surface area contributed by atoms with Crippen molar-refractivity contribution in [2.45, 2.75) is 33.1 Å². The summed E-state index contributed by atoms with van der Waals surface area (Å²) in [6.45, 7) is 4.90. The van der Waals surface area contributed by atoms with Gasteiger partial charge in [-0.15, -0.1) is 0 Å². The number of carbonyl (C=O) groups is 1. The minimum atomic E-state index is -1.34. The zero-order valence-electron chi connectivity index (χ0n) is 12.2. The fraction of sp³-hybridized carbons (Fsp3) is 0.562. The Balaban J connectivity index is 2.09. The van der Waals surface area contributed by atoms with Crippen LogP contribution in [0.5, 0.6) is 5.75 Å². The SMILES string of the molecule is CC1CCCC(C)C1COc1cc(F)c(C(=O)O)cc1Cl. The molecule has 1 aromatic carbocycles. The second kappa shape index (κ2) is 6.65. The largest absolute Gasteiger partial charge is 0.492 e. The third-order valence-corrected chi connectivity index (χ3v) is 4.76. The second-order valence-electron chi connectivity index (χ2n) is 5.93. The van der Waals surface area contributed by atoms with Gasteiger partial charge in [-0.1, -0.05) is 44.7 Å². The van der Waals surface area contributed by atoms with Crippen LogP contribution in [0.1, 0.15) is 43.5 Å². The summed E-state index contributed by atoms with van der Waals surface area (Å²) < 4.78 is 19.3. The van der Waals surface area contributed by atoms with E-state index in [-0.39, 0.29) is 10.8 Å². The Morgan fingerprint density at radius 2 is 2.00 bits per heavy atom. The van der Waals surface area contributed by atoms with Crippen molar-refractivity contribution in [3.05, 3.63) is 28.5 Å². The highest BCUT2D eigenvalue weighted by atomic mass is 35.5. The molecule has 2 unspecified atom stereocenters. The van der Waals surface area contributed by atoms with Crippen LogP contribution in [0.25, 0.3) is 0 Å². The molecule has 5 heteroatoms. The predicted octanol–water partition coefficient (Wildman–Crippen LogP) is 4.63. The molecule has 1 aromatic rings. The highest BCUT2D eigenvalue weighted by Gasteiger charge is 2.28. The van der Waals surface area contributed by atoms with Gasteiger partial charge in [0.05, 0.1) is 17.2 Å². The van der Waals surface area contributed by atoms with Crippen LogP contribution in [-0.2, 0) is 0 Å². The summed E-state index contributed by atoms with van der Waals surface area (Å²) in [5, 5.41) is 8.97. The van der Waals surface area contributed by atoms with Crippen LogP contribution in [0, 0.1) is 23.6 Å². The van der Waals surface area contributed by atoms with E-state index < -0.39 is 17.3 Å². The second-order valence-corrected chi connectivity index (χ2v) is 6.34. The average molecular weight is 315 g/mol. The minimum absolute atomic E-state index is 0.130. The van der Waals surface area contributed by atoms with Crippen molar-refractivity contribution in [2.75, 3.05) is 6.61 Å². The molecule has 21 heavy (non-hydrogen) atoms. The lowest BCUT2D eigenvalue weighted by Gasteiger charge is -2.34. The molecular weight excluding hydrogens is 295 g/mol. The van der Waals surface area contributed by atoms with Crippen LogP contribution >= 0.6 is 11.6 Å². The van der Waals surface area contributed by atoms with Gasteiger partial charge in [0.1, 0.15) is 11.6 Å². The lowest BCUT2D eigenvalue weighted by atomic mass is 9.74. The third kappa shape index (κ3) is 3.67. The van der Waals surface area contributed by atoms with E-state index in [1.807, 2.05) is 0 Å². The van der Waals surface area contributed by atoms with Gasteiger partial charge in [0.25, 0.3) is 0 Å². The Kier molecular flexibility index (Phi) is 5.09. The molecule has 1 aliphatic rings. The lowest BCUT2D eigenvalue weighted by Crippen LogP contribution is -2.30. The number of hydrogen-bond donors (Lipinski definition) is 1. The lowest BCUT2D eigenvalue weighted by molar-refractivity contribution is 0.0691. The van der Waals surface area contributed by atoms with Crippen molar-refractivity contribution >= 4 is 17.6 Å². The van der Waals surface area contributed by atoms with Crippen molar-refractivity contribution in [1.82, 2.24) is 0 Å². The van der Waals surface area contributed by atoms with Crippen molar-refractivity contribution in [3.63, 3.8) is 0 Å². The van der Waals surface area contributed by atoms with E-state index in [4.69, 9.17) is 21.4 Å². The molecule has 0 spiro atoms. The van der Waals surface area contributed by atoms with E-state index in [9.17, 15) is 9.18 Å². The summed E-state index contributed by atoms with van der Waals surface area (Å²) in [6, 6.07) is 2.16. The molecule has 1 aliphatic carbocycles. The standard InChI is InChI=1S/C16H20ClFO3/c1-9-4-3-5-10(2)12(9)8-21-15-7-14(18)11(16(19)20)6-13(15)17/h6-7,9-10,12H,3-5,8H2,1-2H3,(H,19,20). The Hall–Kier alpha value is -1.29. The highest BCUT2D eigenvalue weighted by Crippen LogP contribution is 2.36. The van der Waals surface area contributed by atoms with Gasteiger partial charge in [-0.3, -0.25) is 0 Å². The molecule has 1 N–H and O–H groups in total. The van der Waals surface area contributed by atoms with Gasteiger partial charge in [-0.2, -0.15) is 0 Å². The molecular formula is C16H20ClFO3. The fourth-order valence-corrected chi connectivity index (χ4v) is 3.29. The van der Waals surface area contributed by atoms with Gasteiger partial charge in [-0.25, -0.2) is 9.18 Å². The molecule has 1 fully saturated rings. The maximum Gasteiger partial charge on any atom is 0.338 e. The number of rotatable bonds is 4. The summed E-state index contributed by atoms with van der Waals surface area (Å²) in [6.07, 6.45) is 3.60. The number of halogens is 2. The molecule has 0 amide bonds. The molecule has 2 rings (SSSR count). The monoisotopic (exact) mass is 314 g/mol. The number of aromatic carboxylic acids is 1. The molecule has 3 nitrogen and oxygen atoms in total. The quantitative estimate of drug-likeness (QED) is 0.881. The Bertz CT molecular complexity index is 522. The van der Waals surface area contributed by atoms with Gasteiger partial charge in [0.2, 0.25) is 0 Å². The Morgan fingerprint density at radius 3 is 2.57 bits per heavy atom. The maximum atomic E-state index is 13.7. The van der Waals surface area contributed by atoms with Crippen LogP contribution in [0.4, 0.5) is 4.39 Å². The van der Waals surface area contributed by atoms with Crippen molar-refractivity contribution < 1.29 is 19.0 Å². The first-order valence-electron chi connectivity index (χ1n) is 7.25. The third-order valence-electron chi connectivity index (χ3n) is 4.46. The van der Waals surface area contributed by atoms with Crippen LogP contribution < -0.4 is 4.74 Å². The van der Waals surface area contributed by atoms with E-state index in [1.165, 1.54) is 19.3 Å². The van der Waals surface area contributed by atoms with E-state index in [0.29, 0.717) is 24.4 Å². The zero-order chi connectivity index (χ0) is 15.6. The first-order chi connectivity index (χ1) is 9.90. The normalized spacial score (nSPS) is 25.6. The van der Waals surface area contributed by atoms with Gasteiger partial charge in [-0.05, 0) is 23.8 Å².